The van der Waals surface area contributed by atoms with E-state index in [9.17, 15) is 17.6 Å². The van der Waals surface area contributed by atoms with Crippen LogP contribution < -0.4 is 5.32 Å². The van der Waals surface area contributed by atoms with Gasteiger partial charge in [-0.2, -0.15) is 0 Å². The second-order valence-electron chi connectivity index (χ2n) is 4.87. The van der Waals surface area contributed by atoms with Gasteiger partial charge in [-0.05, 0) is 37.5 Å². The molecule has 8 heteroatoms. The molecule has 0 aliphatic carbocycles. The third kappa shape index (κ3) is 3.93. The number of ether oxygens (including phenoxy) is 1. The normalized spacial score (nSPS) is 16.7. The average Bonchev–Trinajstić information content (AvgIpc) is 2.40. The molecule has 0 bridgehead atoms. The Morgan fingerprint density at radius 2 is 2.00 bits per heavy atom. The highest BCUT2D eigenvalue weighted by atomic mass is 35.7. The molecule has 0 atom stereocenters. The van der Waals surface area contributed by atoms with Crippen LogP contribution in [0.4, 0.5) is 4.39 Å². The van der Waals surface area contributed by atoms with E-state index in [0.717, 1.165) is 12.1 Å². The Morgan fingerprint density at radius 1 is 1.38 bits per heavy atom. The maximum absolute atomic E-state index is 13.6. The van der Waals surface area contributed by atoms with Crippen molar-refractivity contribution >= 4 is 25.6 Å². The first-order valence-electron chi connectivity index (χ1n) is 6.42. The number of nitrogens with one attached hydrogen (secondary N) is 1. The van der Waals surface area contributed by atoms with Crippen molar-refractivity contribution in [1.82, 2.24) is 5.32 Å². The lowest BCUT2D eigenvalue weighted by molar-refractivity contribution is 0.0696. The number of amides is 1. The lowest BCUT2D eigenvalue weighted by Gasteiger charge is -2.23. The third-order valence-corrected chi connectivity index (χ3v) is 4.84. The van der Waals surface area contributed by atoms with Gasteiger partial charge < -0.3 is 10.1 Å². The minimum atomic E-state index is -4.11. The first-order valence-corrected chi connectivity index (χ1v) is 8.73. The molecule has 1 aliphatic heterocycles. The van der Waals surface area contributed by atoms with Crippen molar-refractivity contribution in [3.05, 3.63) is 29.1 Å². The Hall–Kier alpha value is -1.18. The van der Waals surface area contributed by atoms with Crippen molar-refractivity contribution in [1.29, 1.82) is 0 Å². The number of hydrogen-bond acceptors (Lipinski definition) is 4. The van der Waals surface area contributed by atoms with Crippen molar-refractivity contribution in [3.63, 3.8) is 0 Å². The minimum absolute atomic E-state index is 0.0271. The molecular weight excluding hydrogens is 321 g/mol. The lowest BCUT2D eigenvalue weighted by Crippen LogP contribution is -2.39. The summed E-state index contributed by atoms with van der Waals surface area (Å²) in [5, 5.41) is 2.76. The summed E-state index contributed by atoms with van der Waals surface area (Å²) in [6, 6.07) is 1.75. The van der Waals surface area contributed by atoms with Crippen LogP contribution >= 0.6 is 10.7 Å². The third-order valence-electron chi connectivity index (χ3n) is 3.39. The van der Waals surface area contributed by atoms with E-state index in [1.165, 1.54) is 6.92 Å². The van der Waals surface area contributed by atoms with Gasteiger partial charge >= 0.3 is 0 Å². The van der Waals surface area contributed by atoms with Crippen LogP contribution in [0.3, 0.4) is 0 Å². The van der Waals surface area contributed by atoms with Gasteiger partial charge in [-0.3, -0.25) is 4.79 Å². The highest BCUT2D eigenvalue weighted by molar-refractivity contribution is 8.13. The summed E-state index contributed by atoms with van der Waals surface area (Å²) < 4.78 is 41.6. The zero-order chi connectivity index (χ0) is 15.6. The van der Waals surface area contributed by atoms with Crippen molar-refractivity contribution in [2.24, 2.45) is 0 Å². The maximum Gasteiger partial charge on any atom is 0.261 e. The molecule has 0 radical (unpaired) electrons. The fourth-order valence-electron chi connectivity index (χ4n) is 2.25. The largest absolute Gasteiger partial charge is 0.381 e. The maximum atomic E-state index is 13.6. The van der Waals surface area contributed by atoms with Gasteiger partial charge in [0.2, 0.25) is 0 Å². The number of hydrogen-bond donors (Lipinski definition) is 1. The van der Waals surface area contributed by atoms with Gasteiger partial charge in [-0.1, -0.05) is 0 Å². The van der Waals surface area contributed by atoms with E-state index in [1.54, 1.807) is 0 Å². The fraction of sp³-hybridized carbons (Fsp3) is 0.462. The molecular formula is C13H15ClFNO4S. The highest BCUT2D eigenvalue weighted by Crippen LogP contribution is 2.24. The number of carbonyl (C=O) groups is 1. The topological polar surface area (TPSA) is 72.5 Å². The Balaban J connectivity index is 2.30. The second-order valence-corrected chi connectivity index (χ2v) is 7.41. The van der Waals surface area contributed by atoms with Crippen molar-refractivity contribution in [3.8, 4) is 0 Å². The zero-order valence-electron chi connectivity index (χ0n) is 11.4. The zero-order valence-corrected chi connectivity index (χ0v) is 12.9. The van der Waals surface area contributed by atoms with E-state index in [4.69, 9.17) is 15.4 Å². The van der Waals surface area contributed by atoms with Gasteiger partial charge in [-0.25, -0.2) is 12.8 Å². The summed E-state index contributed by atoms with van der Waals surface area (Å²) in [4.78, 5) is 11.8. The fourth-order valence-corrected chi connectivity index (χ4v) is 3.46. The van der Waals surface area contributed by atoms with Crippen LogP contribution in [0.15, 0.2) is 17.0 Å². The molecule has 0 aromatic heterocycles. The van der Waals surface area contributed by atoms with Crippen molar-refractivity contribution in [2.45, 2.75) is 30.7 Å². The van der Waals surface area contributed by atoms with Crippen LogP contribution in [0, 0.1) is 12.7 Å². The molecule has 5 nitrogen and oxygen atoms in total. The van der Waals surface area contributed by atoms with E-state index >= 15 is 0 Å². The molecule has 1 fully saturated rings. The van der Waals surface area contributed by atoms with E-state index in [1.807, 2.05) is 0 Å². The molecule has 0 unspecified atom stereocenters. The molecule has 1 aliphatic rings. The Kier molecular flexibility index (Phi) is 4.85. The number of rotatable bonds is 3. The van der Waals surface area contributed by atoms with E-state index in [2.05, 4.69) is 5.32 Å². The van der Waals surface area contributed by atoms with Crippen molar-refractivity contribution < 1.29 is 22.3 Å². The smallest absolute Gasteiger partial charge is 0.261 e. The van der Waals surface area contributed by atoms with E-state index in [0.29, 0.717) is 26.1 Å². The Labute approximate surface area is 126 Å². The van der Waals surface area contributed by atoms with Gasteiger partial charge in [0.25, 0.3) is 15.0 Å². The average molecular weight is 336 g/mol. The molecule has 21 heavy (non-hydrogen) atoms. The van der Waals surface area contributed by atoms with Gasteiger partial charge in [0.1, 0.15) is 5.82 Å². The van der Waals surface area contributed by atoms with Gasteiger partial charge in [-0.15, -0.1) is 0 Å². The second kappa shape index (κ2) is 6.29. The molecule has 116 valence electrons. The molecule has 1 saturated heterocycles. The van der Waals surface area contributed by atoms with Crippen LogP contribution in [0.25, 0.3) is 0 Å². The van der Waals surface area contributed by atoms with Gasteiger partial charge in [0.15, 0.2) is 0 Å². The lowest BCUT2D eigenvalue weighted by atomic mass is 10.1. The molecule has 1 N–H and O–H groups in total. The van der Waals surface area contributed by atoms with Crippen molar-refractivity contribution in [2.75, 3.05) is 13.2 Å². The first-order chi connectivity index (χ1) is 9.79. The van der Waals surface area contributed by atoms with Crippen LogP contribution in [0.5, 0.6) is 0 Å². The SMILES string of the molecule is Cc1c(C(=O)NC2CCOCC2)cc(F)cc1S(=O)(=O)Cl. The highest BCUT2D eigenvalue weighted by Gasteiger charge is 2.23. The number of carbonyl (C=O) groups excluding carboxylic acids is 1. The predicted octanol–water partition coefficient (Wildman–Crippen LogP) is 1.97. The molecule has 1 amide bonds. The predicted molar refractivity (Wildman–Crippen MR) is 75.5 cm³/mol. The molecule has 2 rings (SSSR count). The summed E-state index contributed by atoms with van der Waals surface area (Å²) in [5.74, 6) is -1.34. The molecule has 1 heterocycles. The minimum Gasteiger partial charge on any atom is -0.381 e. The van der Waals surface area contributed by atoms with Crippen LogP contribution in [0.1, 0.15) is 28.8 Å². The first kappa shape index (κ1) is 16.2. The summed E-state index contributed by atoms with van der Waals surface area (Å²) in [6.07, 6.45) is 1.33. The molecule has 1 aromatic rings. The van der Waals surface area contributed by atoms with E-state index in [-0.39, 0.29) is 22.1 Å². The van der Waals surface area contributed by atoms with Gasteiger partial charge in [0, 0.05) is 35.5 Å². The monoisotopic (exact) mass is 335 g/mol. The van der Waals surface area contributed by atoms with Gasteiger partial charge in [0.05, 0.1) is 4.90 Å². The quantitative estimate of drug-likeness (QED) is 0.857. The molecule has 0 saturated carbocycles. The standard InChI is InChI=1S/C13H15ClFNO4S/c1-8-11(6-9(15)7-12(8)21(14,18)19)13(17)16-10-2-4-20-5-3-10/h6-7,10H,2-5H2,1H3,(H,16,17). The Morgan fingerprint density at radius 3 is 2.57 bits per heavy atom. The van der Waals surface area contributed by atoms with Crippen LogP contribution in [0.2, 0.25) is 0 Å². The van der Waals surface area contributed by atoms with Crippen LogP contribution in [-0.4, -0.2) is 33.6 Å². The Bertz CT molecular complexity index is 656. The summed E-state index contributed by atoms with van der Waals surface area (Å²) >= 11 is 0. The van der Waals surface area contributed by atoms with E-state index < -0.39 is 20.8 Å². The summed E-state index contributed by atoms with van der Waals surface area (Å²) in [6.45, 7) is 2.52. The number of halogens is 2. The molecule has 0 spiro atoms. The number of benzene rings is 1. The molecule has 1 aromatic carbocycles. The summed E-state index contributed by atoms with van der Waals surface area (Å²) in [7, 11) is 1.15. The summed E-state index contributed by atoms with van der Waals surface area (Å²) in [5.41, 5.74) is 0.108. The van der Waals surface area contributed by atoms with Crippen LogP contribution in [-0.2, 0) is 13.8 Å².